The summed E-state index contributed by atoms with van der Waals surface area (Å²) in [5.41, 5.74) is 0.582. The molecule has 1 N–H and O–H groups in total. The number of aliphatic hydroxyl groups excluding tert-OH is 1. The van der Waals surface area contributed by atoms with Crippen LogP contribution in [0.15, 0.2) is 23.3 Å². The van der Waals surface area contributed by atoms with E-state index in [4.69, 9.17) is 9.47 Å². The fourth-order valence-corrected chi connectivity index (χ4v) is 3.79. The summed E-state index contributed by atoms with van der Waals surface area (Å²) in [6.07, 6.45) is 6.51. The van der Waals surface area contributed by atoms with Crippen LogP contribution >= 0.6 is 0 Å². The maximum absolute atomic E-state index is 12.9. The molecule has 0 radical (unpaired) electrons. The second-order valence-corrected chi connectivity index (χ2v) is 9.88. The van der Waals surface area contributed by atoms with E-state index in [1.54, 1.807) is 0 Å². The largest absolute Gasteiger partial charge is 0.457 e. The first-order chi connectivity index (χ1) is 13.4. The van der Waals surface area contributed by atoms with Gasteiger partial charge in [0.2, 0.25) is 5.91 Å². The van der Waals surface area contributed by atoms with Crippen LogP contribution in [0.1, 0.15) is 66.7 Å². The van der Waals surface area contributed by atoms with Gasteiger partial charge in [-0.15, -0.1) is 0 Å². The van der Waals surface area contributed by atoms with E-state index < -0.39 is 17.3 Å². The fourth-order valence-electron chi connectivity index (χ4n) is 3.79. The van der Waals surface area contributed by atoms with Crippen molar-refractivity contribution in [2.45, 2.75) is 78.6 Å². The maximum Gasteiger partial charge on any atom is 0.334 e. The number of fused-ring (bicyclic) bond motifs is 2. The van der Waals surface area contributed by atoms with Crippen molar-refractivity contribution in [3.63, 3.8) is 0 Å². The Kier molecular flexibility index (Phi) is 7.68. The van der Waals surface area contributed by atoms with Crippen LogP contribution in [0, 0.1) is 11.3 Å². The molecule has 1 fully saturated rings. The lowest BCUT2D eigenvalue weighted by Gasteiger charge is -2.37. The summed E-state index contributed by atoms with van der Waals surface area (Å²) in [5, 5.41) is 10.0. The second-order valence-electron chi connectivity index (χ2n) is 9.88. The van der Waals surface area contributed by atoms with Crippen molar-refractivity contribution in [3.05, 3.63) is 23.3 Å². The Hall–Kier alpha value is -1.66. The number of allylic oxidation sites excluding steroid dienone is 2. The quantitative estimate of drug-likeness (QED) is 0.538. The van der Waals surface area contributed by atoms with Crippen molar-refractivity contribution in [2.75, 3.05) is 20.2 Å². The number of hydrogen-bond donors (Lipinski definition) is 1. The number of esters is 1. The highest BCUT2D eigenvalue weighted by Crippen LogP contribution is 2.32. The van der Waals surface area contributed by atoms with Crippen LogP contribution in [0.4, 0.5) is 0 Å². The van der Waals surface area contributed by atoms with E-state index in [-0.39, 0.29) is 17.8 Å². The van der Waals surface area contributed by atoms with Crippen molar-refractivity contribution < 1.29 is 24.2 Å². The average molecular weight is 408 g/mol. The highest BCUT2D eigenvalue weighted by atomic mass is 16.6. The SMILES string of the molecule is COC(O)C(C)(C)CCN1CC2CC=C(C(=O)OC(C)(C)C)CCC=C(C2)C1=O. The minimum Gasteiger partial charge on any atom is -0.457 e. The van der Waals surface area contributed by atoms with Gasteiger partial charge in [-0.25, -0.2) is 4.79 Å². The third-order valence-corrected chi connectivity index (χ3v) is 5.63. The molecule has 1 saturated heterocycles. The molecule has 0 aromatic heterocycles. The molecule has 1 aliphatic heterocycles. The molecule has 0 spiro atoms. The van der Waals surface area contributed by atoms with Crippen LogP contribution in [0.25, 0.3) is 0 Å². The number of rotatable bonds is 6. The topological polar surface area (TPSA) is 76.1 Å². The molecular weight excluding hydrogens is 370 g/mol. The zero-order chi connectivity index (χ0) is 21.8. The van der Waals surface area contributed by atoms with Crippen molar-refractivity contribution in [3.8, 4) is 0 Å². The fraction of sp³-hybridized carbons (Fsp3) is 0.739. The zero-order valence-electron chi connectivity index (χ0n) is 18.8. The van der Waals surface area contributed by atoms with E-state index in [1.165, 1.54) is 7.11 Å². The molecule has 2 atom stereocenters. The molecule has 164 valence electrons. The Balaban J connectivity index is 2.09. The number of likely N-dealkylation sites (tertiary alicyclic amines) is 1. The van der Waals surface area contributed by atoms with E-state index >= 15 is 0 Å². The number of amides is 1. The lowest BCUT2D eigenvalue weighted by atomic mass is 9.86. The summed E-state index contributed by atoms with van der Waals surface area (Å²) in [6, 6.07) is 0. The molecule has 0 aromatic rings. The molecule has 2 bridgehead atoms. The van der Waals surface area contributed by atoms with Gasteiger partial charge in [0.05, 0.1) is 0 Å². The number of ether oxygens (including phenoxy) is 2. The first-order valence-corrected chi connectivity index (χ1v) is 10.5. The van der Waals surface area contributed by atoms with Gasteiger partial charge in [-0.1, -0.05) is 26.0 Å². The highest BCUT2D eigenvalue weighted by molar-refractivity contribution is 5.94. The summed E-state index contributed by atoms with van der Waals surface area (Å²) in [6.45, 7) is 10.7. The average Bonchev–Trinajstić information content (AvgIpc) is 2.71. The van der Waals surface area contributed by atoms with E-state index in [1.807, 2.05) is 51.7 Å². The van der Waals surface area contributed by atoms with Gasteiger partial charge >= 0.3 is 5.97 Å². The lowest BCUT2D eigenvalue weighted by Crippen LogP contribution is -2.44. The van der Waals surface area contributed by atoms with Crippen LogP contribution < -0.4 is 0 Å². The Labute approximate surface area is 174 Å². The second kappa shape index (κ2) is 9.43. The van der Waals surface area contributed by atoms with E-state index in [9.17, 15) is 14.7 Å². The Bertz CT molecular complexity index is 671. The van der Waals surface area contributed by atoms with Crippen molar-refractivity contribution in [2.24, 2.45) is 11.3 Å². The van der Waals surface area contributed by atoms with Gasteiger partial charge in [0.15, 0.2) is 6.29 Å². The molecule has 1 aliphatic carbocycles. The normalized spacial score (nSPS) is 22.1. The number of carbonyl (C=O) groups excluding carboxylic acids is 2. The minimum atomic E-state index is -0.866. The summed E-state index contributed by atoms with van der Waals surface area (Å²) in [5.74, 6) is 0.0976. The van der Waals surface area contributed by atoms with Crippen LogP contribution in [0.2, 0.25) is 0 Å². The summed E-state index contributed by atoms with van der Waals surface area (Å²) < 4.78 is 10.6. The molecule has 6 nitrogen and oxygen atoms in total. The molecule has 1 heterocycles. The predicted molar refractivity (Wildman–Crippen MR) is 112 cm³/mol. The van der Waals surface area contributed by atoms with Crippen molar-refractivity contribution >= 4 is 11.9 Å². The molecule has 2 aliphatic rings. The molecule has 0 aromatic carbocycles. The molecule has 29 heavy (non-hydrogen) atoms. The lowest BCUT2D eigenvalue weighted by molar-refractivity contribution is -0.152. The molecule has 2 rings (SSSR count). The molecule has 2 unspecified atom stereocenters. The number of nitrogens with zero attached hydrogens (tertiary/aromatic N) is 1. The van der Waals surface area contributed by atoms with E-state index in [0.717, 1.165) is 18.4 Å². The molecule has 6 heteroatoms. The zero-order valence-corrected chi connectivity index (χ0v) is 18.8. The van der Waals surface area contributed by atoms with Crippen molar-refractivity contribution in [1.82, 2.24) is 4.90 Å². The van der Waals surface area contributed by atoms with Crippen LogP contribution in [-0.4, -0.2) is 54.0 Å². The monoisotopic (exact) mass is 407 g/mol. The van der Waals surface area contributed by atoms with E-state index in [0.29, 0.717) is 37.9 Å². The summed E-state index contributed by atoms with van der Waals surface area (Å²) >= 11 is 0. The van der Waals surface area contributed by atoms with Gasteiger partial charge in [-0.05, 0) is 58.8 Å². The highest BCUT2D eigenvalue weighted by Gasteiger charge is 2.33. The van der Waals surface area contributed by atoms with Gasteiger partial charge in [-0.3, -0.25) is 4.79 Å². The summed E-state index contributed by atoms with van der Waals surface area (Å²) in [7, 11) is 1.49. The van der Waals surface area contributed by atoms with Crippen LogP contribution in [0.5, 0.6) is 0 Å². The van der Waals surface area contributed by atoms with E-state index in [2.05, 4.69) is 0 Å². The van der Waals surface area contributed by atoms with Gasteiger partial charge in [0, 0.05) is 36.8 Å². The maximum atomic E-state index is 12.9. The number of methoxy groups -OCH3 is 1. The molecule has 0 saturated carbocycles. The van der Waals surface area contributed by atoms with Crippen LogP contribution in [0.3, 0.4) is 0 Å². The first kappa shape index (κ1) is 23.6. The Morgan fingerprint density at radius 1 is 1.28 bits per heavy atom. The third kappa shape index (κ3) is 6.68. The number of hydrogen-bond acceptors (Lipinski definition) is 5. The van der Waals surface area contributed by atoms with Crippen molar-refractivity contribution in [1.29, 1.82) is 0 Å². The van der Waals surface area contributed by atoms with Gasteiger partial charge in [0.1, 0.15) is 5.60 Å². The standard InChI is InChI=1S/C23H37NO5/c1-22(2,3)29-20(26)17-8-7-9-18-14-16(10-11-17)15-24(19(18)25)13-12-23(4,5)21(27)28-6/h9,11,16,21,27H,7-8,10,12-15H2,1-6H3. The smallest absolute Gasteiger partial charge is 0.334 e. The Morgan fingerprint density at radius 3 is 2.59 bits per heavy atom. The molecular formula is C23H37NO5. The third-order valence-electron chi connectivity index (χ3n) is 5.63. The molecule has 1 amide bonds. The first-order valence-electron chi connectivity index (χ1n) is 10.5. The number of piperidine rings is 1. The summed E-state index contributed by atoms with van der Waals surface area (Å²) in [4.78, 5) is 27.3. The minimum absolute atomic E-state index is 0.0738. The Morgan fingerprint density at radius 2 is 1.97 bits per heavy atom. The number of aliphatic hydroxyl groups is 1. The van der Waals surface area contributed by atoms with Crippen LogP contribution in [-0.2, 0) is 19.1 Å². The number of carbonyl (C=O) groups is 2. The van der Waals surface area contributed by atoms with Gasteiger partial charge < -0.3 is 19.5 Å². The van der Waals surface area contributed by atoms with Gasteiger partial charge in [0.25, 0.3) is 0 Å². The predicted octanol–water partition coefficient (Wildman–Crippen LogP) is 3.59. The van der Waals surface area contributed by atoms with Gasteiger partial charge in [-0.2, -0.15) is 0 Å².